The highest BCUT2D eigenvalue weighted by molar-refractivity contribution is 5.94. The van der Waals surface area contributed by atoms with Crippen molar-refractivity contribution in [2.45, 2.75) is 6.54 Å². The number of hydrogen-bond donors (Lipinski definition) is 2. The number of carbonyl (C=O) groups excluding carboxylic acids is 1. The van der Waals surface area contributed by atoms with E-state index in [9.17, 15) is 4.79 Å². The second-order valence-corrected chi connectivity index (χ2v) is 4.88. The number of pyridine rings is 1. The molecule has 0 spiro atoms. The van der Waals surface area contributed by atoms with Crippen LogP contribution in [-0.4, -0.2) is 38.3 Å². The smallest absolute Gasteiger partial charge is 0.251 e. The SMILES string of the molecule is COCCNC(=O)c1ccnc(NCc2ccc(OC)cc2)c1. The van der Waals surface area contributed by atoms with Gasteiger partial charge in [0.15, 0.2) is 0 Å². The molecule has 122 valence electrons. The summed E-state index contributed by atoms with van der Waals surface area (Å²) in [5.41, 5.74) is 1.66. The van der Waals surface area contributed by atoms with E-state index in [1.807, 2.05) is 24.3 Å². The van der Waals surface area contributed by atoms with Crippen molar-refractivity contribution in [2.24, 2.45) is 0 Å². The van der Waals surface area contributed by atoms with Crippen molar-refractivity contribution in [3.63, 3.8) is 0 Å². The van der Waals surface area contributed by atoms with Gasteiger partial charge in [0.25, 0.3) is 5.91 Å². The molecule has 0 aliphatic heterocycles. The van der Waals surface area contributed by atoms with Gasteiger partial charge < -0.3 is 20.1 Å². The monoisotopic (exact) mass is 315 g/mol. The van der Waals surface area contributed by atoms with Crippen molar-refractivity contribution < 1.29 is 14.3 Å². The Labute approximate surface area is 135 Å². The fraction of sp³-hybridized carbons (Fsp3) is 0.294. The number of amides is 1. The molecular formula is C17H21N3O3. The van der Waals surface area contributed by atoms with E-state index < -0.39 is 0 Å². The summed E-state index contributed by atoms with van der Waals surface area (Å²) in [6, 6.07) is 11.2. The van der Waals surface area contributed by atoms with Crippen molar-refractivity contribution in [1.29, 1.82) is 0 Å². The molecule has 0 atom stereocenters. The first-order valence-electron chi connectivity index (χ1n) is 7.33. The Hall–Kier alpha value is -2.60. The van der Waals surface area contributed by atoms with Crippen LogP contribution in [0, 0.1) is 0 Å². The molecule has 0 radical (unpaired) electrons. The van der Waals surface area contributed by atoms with Gasteiger partial charge >= 0.3 is 0 Å². The summed E-state index contributed by atoms with van der Waals surface area (Å²) in [6.45, 7) is 1.58. The molecule has 0 aliphatic carbocycles. The molecule has 2 rings (SSSR count). The van der Waals surface area contributed by atoms with Crippen LogP contribution in [0.15, 0.2) is 42.6 Å². The molecule has 1 amide bonds. The van der Waals surface area contributed by atoms with Crippen molar-refractivity contribution in [3.8, 4) is 5.75 Å². The topological polar surface area (TPSA) is 72.5 Å². The van der Waals surface area contributed by atoms with Crippen LogP contribution in [0.3, 0.4) is 0 Å². The number of rotatable bonds is 8. The van der Waals surface area contributed by atoms with Gasteiger partial charge in [0.2, 0.25) is 0 Å². The molecule has 0 aliphatic rings. The van der Waals surface area contributed by atoms with Crippen LogP contribution in [0.25, 0.3) is 0 Å². The van der Waals surface area contributed by atoms with Gasteiger partial charge in [-0.15, -0.1) is 0 Å². The Bertz CT molecular complexity index is 629. The minimum Gasteiger partial charge on any atom is -0.497 e. The summed E-state index contributed by atoms with van der Waals surface area (Å²) in [4.78, 5) is 16.2. The summed E-state index contributed by atoms with van der Waals surface area (Å²) in [5, 5.41) is 5.98. The maximum atomic E-state index is 12.0. The van der Waals surface area contributed by atoms with Crippen LogP contribution < -0.4 is 15.4 Å². The predicted octanol–water partition coefficient (Wildman–Crippen LogP) is 2.08. The summed E-state index contributed by atoms with van der Waals surface area (Å²) in [6.07, 6.45) is 1.61. The molecule has 1 heterocycles. The van der Waals surface area contributed by atoms with E-state index in [1.165, 1.54) is 0 Å². The molecule has 1 aromatic carbocycles. The number of aromatic nitrogens is 1. The molecule has 0 unspecified atom stereocenters. The van der Waals surface area contributed by atoms with Crippen LogP contribution >= 0.6 is 0 Å². The van der Waals surface area contributed by atoms with E-state index in [2.05, 4.69) is 15.6 Å². The molecule has 0 saturated heterocycles. The van der Waals surface area contributed by atoms with Gasteiger partial charge in [-0.3, -0.25) is 4.79 Å². The molecule has 23 heavy (non-hydrogen) atoms. The second kappa shape index (κ2) is 8.75. The number of benzene rings is 1. The first-order valence-corrected chi connectivity index (χ1v) is 7.33. The molecule has 1 aromatic heterocycles. The molecule has 6 heteroatoms. The lowest BCUT2D eigenvalue weighted by Crippen LogP contribution is -2.27. The zero-order valence-electron chi connectivity index (χ0n) is 13.3. The minimum atomic E-state index is -0.142. The summed E-state index contributed by atoms with van der Waals surface area (Å²) < 4.78 is 10.0. The third-order valence-electron chi connectivity index (χ3n) is 3.25. The average Bonchev–Trinajstić information content (AvgIpc) is 2.61. The number of methoxy groups -OCH3 is 2. The number of nitrogens with one attached hydrogen (secondary N) is 2. The maximum absolute atomic E-state index is 12.0. The predicted molar refractivity (Wildman–Crippen MR) is 88.8 cm³/mol. The Morgan fingerprint density at radius 2 is 1.96 bits per heavy atom. The van der Waals surface area contributed by atoms with Crippen LogP contribution in [0.4, 0.5) is 5.82 Å². The zero-order valence-corrected chi connectivity index (χ0v) is 13.3. The Morgan fingerprint density at radius 3 is 2.65 bits per heavy atom. The van der Waals surface area contributed by atoms with E-state index in [4.69, 9.17) is 9.47 Å². The van der Waals surface area contributed by atoms with E-state index in [0.29, 0.717) is 31.1 Å². The lowest BCUT2D eigenvalue weighted by Gasteiger charge is -2.09. The van der Waals surface area contributed by atoms with Gasteiger partial charge in [-0.25, -0.2) is 4.98 Å². The number of ether oxygens (including phenoxy) is 2. The van der Waals surface area contributed by atoms with Crippen LogP contribution in [0.1, 0.15) is 15.9 Å². The highest BCUT2D eigenvalue weighted by Gasteiger charge is 2.06. The fourth-order valence-corrected chi connectivity index (χ4v) is 1.97. The molecule has 2 N–H and O–H groups in total. The lowest BCUT2D eigenvalue weighted by molar-refractivity contribution is 0.0937. The fourth-order valence-electron chi connectivity index (χ4n) is 1.97. The van der Waals surface area contributed by atoms with E-state index in [0.717, 1.165) is 11.3 Å². The average molecular weight is 315 g/mol. The van der Waals surface area contributed by atoms with Gasteiger partial charge in [0.05, 0.1) is 13.7 Å². The molecule has 2 aromatic rings. The highest BCUT2D eigenvalue weighted by atomic mass is 16.5. The number of nitrogens with zero attached hydrogens (tertiary/aromatic N) is 1. The van der Waals surface area contributed by atoms with Gasteiger partial charge in [0, 0.05) is 32.0 Å². The first-order chi connectivity index (χ1) is 11.2. The summed E-state index contributed by atoms with van der Waals surface area (Å²) in [5.74, 6) is 1.33. The van der Waals surface area contributed by atoms with Crippen molar-refractivity contribution in [3.05, 3.63) is 53.7 Å². The van der Waals surface area contributed by atoms with Gasteiger partial charge in [0.1, 0.15) is 11.6 Å². The lowest BCUT2D eigenvalue weighted by atomic mass is 10.2. The van der Waals surface area contributed by atoms with Gasteiger partial charge in [-0.2, -0.15) is 0 Å². The maximum Gasteiger partial charge on any atom is 0.251 e. The van der Waals surface area contributed by atoms with Gasteiger partial charge in [-0.1, -0.05) is 12.1 Å². The molecule has 0 fully saturated rings. The quantitative estimate of drug-likeness (QED) is 0.730. The van der Waals surface area contributed by atoms with Crippen LogP contribution in [-0.2, 0) is 11.3 Å². The van der Waals surface area contributed by atoms with E-state index in [-0.39, 0.29) is 5.91 Å². The van der Waals surface area contributed by atoms with Gasteiger partial charge in [-0.05, 0) is 29.8 Å². The number of carbonyl (C=O) groups is 1. The summed E-state index contributed by atoms with van der Waals surface area (Å²) >= 11 is 0. The first kappa shape index (κ1) is 16.8. The molecule has 0 bridgehead atoms. The standard InChI is InChI=1S/C17H21N3O3/c1-22-10-9-19-17(21)14-7-8-18-16(11-14)20-12-13-3-5-15(23-2)6-4-13/h3-8,11H,9-10,12H2,1-2H3,(H,18,20)(H,19,21). The molecule has 0 saturated carbocycles. The largest absolute Gasteiger partial charge is 0.497 e. The highest BCUT2D eigenvalue weighted by Crippen LogP contribution is 2.13. The van der Waals surface area contributed by atoms with E-state index in [1.54, 1.807) is 32.5 Å². The normalized spacial score (nSPS) is 10.2. The minimum absolute atomic E-state index is 0.142. The third-order valence-corrected chi connectivity index (χ3v) is 3.25. The Kier molecular flexibility index (Phi) is 6.38. The van der Waals surface area contributed by atoms with Crippen molar-refractivity contribution in [2.75, 3.05) is 32.7 Å². The number of anilines is 1. The van der Waals surface area contributed by atoms with E-state index >= 15 is 0 Å². The third kappa shape index (κ3) is 5.27. The van der Waals surface area contributed by atoms with Crippen LogP contribution in [0.2, 0.25) is 0 Å². The second-order valence-electron chi connectivity index (χ2n) is 4.88. The van der Waals surface area contributed by atoms with Crippen molar-refractivity contribution >= 4 is 11.7 Å². The summed E-state index contributed by atoms with van der Waals surface area (Å²) in [7, 11) is 3.24. The number of hydrogen-bond acceptors (Lipinski definition) is 5. The molecular weight excluding hydrogens is 294 g/mol. The van der Waals surface area contributed by atoms with Crippen LogP contribution in [0.5, 0.6) is 5.75 Å². The Balaban J connectivity index is 1.92. The van der Waals surface area contributed by atoms with Crippen molar-refractivity contribution in [1.82, 2.24) is 10.3 Å². The Morgan fingerprint density at radius 1 is 1.17 bits per heavy atom. The zero-order chi connectivity index (χ0) is 16.5. The molecule has 6 nitrogen and oxygen atoms in total.